The molecular formula is C13H24N2OS. The predicted molar refractivity (Wildman–Crippen MR) is 73.0 cm³/mol. The summed E-state index contributed by atoms with van der Waals surface area (Å²) in [5.74, 6) is 2.94. The van der Waals surface area contributed by atoms with Gasteiger partial charge in [0, 0.05) is 17.7 Å². The lowest BCUT2D eigenvalue weighted by Crippen LogP contribution is -2.45. The Labute approximate surface area is 108 Å². The van der Waals surface area contributed by atoms with Crippen LogP contribution < -0.4 is 10.6 Å². The van der Waals surface area contributed by atoms with Gasteiger partial charge >= 0.3 is 0 Å². The second-order valence-electron chi connectivity index (χ2n) is 5.41. The molecule has 0 unspecified atom stereocenters. The smallest absolute Gasteiger partial charge is 0.238 e. The minimum atomic E-state index is 0.0360. The Morgan fingerprint density at radius 3 is 2.88 bits per heavy atom. The monoisotopic (exact) mass is 256 g/mol. The maximum atomic E-state index is 11.9. The third-order valence-electron chi connectivity index (χ3n) is 3.90. The Balaban J connectivity index is 1.62. The van der Waals surface area contributed by atoms with Crippen LogP contribution in [0.3, 0.4) is 0 Å². The van der Waals surface area contributed by atoms with E-state index in [1.165, 1.54) is 32.1 Å². The second kappa shape index (κ2) is 6.64. The highest BCUT2D eigenvalue weighted by atomic mass is 32.2. The Morgan fingerprint density at radius 2 is 2.24 bits per heavy atom. The van der Waals surface area contributed by atoms with E-state index >= 15 is 0 Å². The van der Waals surface area contributed by atoms with Gasteiger partial charge in [0.15, 0.2) is 0 Å². The van der Waals surface area contributed by atoms with Gasteiger partial charge in [-0.2, -0.15) is 0 Å². The highest BCUT2D eigenvalue weighted by molar-refractivity contribution is 7.99. The summed E-state index contributed by atoms with van der Waals surface area (Å²) >= 11 is 1.80. The molecule has 1 saturated heterocycles. The van der Waals surface area contributed by atoms with E-state index in [2.05, 4.69) is 17.6 Å². The molecule has 0 bridgehead atoms. The normalized spacial score (nSPS) is 27.2. The van der Waals surface area contributed by atoms with Crippen molar-refractivity contribution in [2.24, 2.45) is 5.92 Å². The van der Waals surface area contributed by atoms with Gasteiger partial charge in [0.2, 0.25) is 5.91 Å². The fourth-order valence-corrected chi connectivity index (χ4v) is 3.71. The molecule has 0 radical (unpaired) electrons. The van der Waals surface area contributed by atoms with Gasteiger partial charge in [-0.05, 0) is 25.7 Å². The Kier molecular flexibility index (Phi) is 5.16. The van der Waals surface area contributed by atoms with Crippen LogP contribution in [0.15, 0.2) is 0 Å². The molecule has 1 amide bonds. The maximum absolute atomic E-state index is 11.9. The molecule has 0 aromatic heterocycles. The summed E-state index contributed by atoms with van der Waals surface area (Å²) in [5.41, 5.74) is 0. The lowest BCUT2D eigenvalue weighted by molar-refractivity contribution is -0.123. The number of rotatable bonds is 5. The molecule has 4 heteroatoms. The van der Waals surface area contributed by atoms with Crippen LogP contribution in [-0.4, -0.2) is 29.6 Å². The highest BCUT2D eigenvalue weighted by Crippen LogP contribution is 2.28. The Bertz CT molecular complexity index is 248. The van der Waals surface area contributed by atoms with Crippen LogP contribution >= 0.6 is 11.8 Å². The number of carbonyl (C=O) groups is 1. The highest BCUT2D eigenvalue weighted by Gasteiger charge is 2.23. The molecule has 2 fully saturated rings. The first-order valence-electron chi connectivity index (χ1n) is 6.87. The zero-order valence-corrected chi connectivity index (χ0v) is 11.5. The molecule has 1 aliphatic carbocycles. The van der Waals surface area contributed by atoms with Crippen LogP contribution in [0.2, 0.25) is 0 Å². The van der Waals surface area contributed by atoms with Gasteiger partial charge in [0.25, 0.3) is 0 Å². The first-order valence-corrected chi connectivity index (χ1v) is 8.02. The van der Waals surface area contributed by atoms with Crippen LogP contribution in [0.5, 0.6) is 0 Å². The number of hydrogen-bond acceptors (Lipinski definition) is 3. The van der Waals surface area contributed by atoms with Crippen molar-refractivity contribution in [3.8, 4) is 0 Å². The summed E-state index contributed by atoms with van der Waals surface area (Å²) in [4.78, 5) is 11.9. The summed E-state index contributed by atoms with van der Waals surface area (Å²) < 4.78 is 0. The topological polar surface area (TPSA) is 41.1 Å². The molecule has 0 aromatic carbocycles. The average Bonchev–Trinajstić information content (AvgIpc) is 2.99. The first-order chi connectivity index (χ1) is 8.25. The number of nitrogens with one attached hydrogen (secondary N) is 2. The van der Waals surface area contributed by atoms with E-state index < -0.39 is 0 Å². The molecule has 1 heterocycles. The van der Waals surface area contributed by atoms with E-state index in [4.69, 9.17) is 0 Å². The molecule has 0 aromatic rings. The molecule has 0 spiro atoms. The van der Waals surface area contributed by atoms with Gasteiger partial charge in [0.05, 0.1) is 6.04 Å². The summed E-state index contributed by atoms with van der Waals surface area (Å²) in [6, 6.07) is 0.365. The van der Waals surface area contributed by atoms with E-state index in [0.717, 1.165) is 24.0 Å². The van der Waals surface area contributed by atoms with Crippen LogP contribution in [0.1, 0.15) is 45.4 Å². The van der Waals surface area contributed by atoms with Crippen LogP contribution in [-0.2, 0) is 4.79 Å². The number of amides is 1. The van der Waals surface area contributed by atoms with Crippen molar-refractivity contribution >= 4 is 17.7 Å². The van der Waals surface area contributed by atoms with Crippen LogP contribution in [0.25, 0.3) is 0 Å². The van der Waals surface area contributed by atoms with Crippen LogP contribution in [0.4, 0.5) is 0 Å². The third-order valence-corrected chi connectivity index (χ3v) is 4.84. The van der Waals surface area contributed by atoms with Gasteiger partial charge in [0.1, 0.15) is 0 Å². The molecule has 3 nitrogen and oxygen atoms in total. The van der Waals surface area contributed by atoms with E-state index in [1.54, 1.807) is 11.8 Å². The van der Waals surface area contributed by atoms with Crippen molar-refractivity contribution in [2.75, 3.05) is 11.6 Å². The third kappa shape index (κ3) is 4.18. The number of hydrogen-bond donors (Lipinski definition) is 2. The van der Waals surface area contributed by atoms with Gasteiger partial charge in [-0.25, -0.2) is 0 Å². The minimum absolute atomic E-state index is 0.0360. The first kappa shape index (κ1) is 13.2. The molecule has 2 N–H and O–H groups in total. The number of carbonyl (C=O) groups excluding carboxylic acids is 1. The van der Waals surface area contributed by atoms with Crippen molar-refractivity contribution in [3.05, 3.63) is 0 Å². The molecule has 1 saturated carbocycles. The van der Waals surface area contributed by atoms with Crippen LogP contribution in [0, 0.1) is 5.92 Å². The Morgan fingerprint density at radius 1 is 1.47 bits per heavy atom. The van der Waals surface area contributed by atoms with Gasteiger partial charge in [-0.15, -0.1) is 11.8 Å². The van der Waals surface area contributed by atoms with Crippen molar-refractivity contribution in [1.29, 1.82) is 0 Å². The van der Waals surface area contributed by atoms with E-state index in [0.29, 0.717) is 6.04 Å². The molecule has 2 aliphatic rings. The molecular weight excluding hydrogens is 232 g/mol. The fourth-order valence-electron chi connectivity index (χ4n) is 2.76. The average molecular weight is 256 g/mol. The quantitative estimate of drug-likeness (QED) is 0.792. The van der Waals surface area contributed by atoms with Gasteiger partial charge < -0.3 is 5.32 Å². The molecule has 98 valence electrons. The lowest BCUT2D eigenvalue weighted by atomic mass is 9.99. The summed E-state index contributed by atoms with van der Waals surface area (Å²) in [5, 5.41) is 6.34. The largest absolute Gasteiger partial charge is 0.352 e. The molecule has 1 aliphatic heterocycles. The Hall–Kier alpha value is -0.220. The van der Waals surface area contributed by atoms with Gasteiger partial charge in [-0.1, -0.05) is 25.7 Å². The van der Waals surface area contributed by atoms with E-state index in [-0.39, 0.29) is 11.9 Å². The molecule has 17 heavy (non-hydrogen) atoms. The standard InChI is InChI=1S/C13H24N2OS/c1-10(6-7-11-4-2-3-5-11)15-13(16)12-8-17-9-14-12/h10-12,14H,2-9H2,1H3,(H,15,16)/t10-,12-/m1/s1. The lowest BCUT2D eigenvalue weighted by Gasteiger charge is -2.18. The summed E-state index contributed by atoms with van der Waals surface area (Å²) in [6.07, 6.45) is 8.05. The SMILES string of the molecule is C[C@H](CCC1CCCC1)NC(=O)[C@H]1CSCN1. The number of thioether (sulfide) groups is 1. The summed E-state index contributed by atoms with van der Waals surface area (Å²) in [7, 11) is 0. The molecule has 2 atom stereocenters. The van der Waals surface area contributed by atoms with Gasteiger partial charge in [-0.3, -0.25) is 10.1 Å². The van der Waals surface area contributed by atoms with Crippen molar-refractivity contribution in [3.63, 3.8) is 0 Å². The fraction of sp³-hybridized carbons (Fsp3) is 0.923. The zero-order chi connectivity index (χ0) is 12.1. The molecule has 2 rings (SSSR count). The van der Waals surface area contributed by atoms with E-state index in [1.807, 2.05) is 0 Å². The predicted octanol–water partition coefficient (Wildman–Crippen LogP) is 2.12. The van der Waals surface area contributed by atoms with E-state index in [9.17, 15) is 4.79 Å². The van der Waals surface area contributed by atoms with Crippen molar-refractivity contribution in [2.45, 2.75) is 57.5 Å². The van der Waals surface area contributed by atoms with Crippen molar-refractivity contribution < 1.29 is 4.79 Å². The summed E-state index contributed by atoms with van der Waals surface area (Å²) in [6.45, 7) is 2.13. The van der Waals surface area contributed by atoms with Crippen molar-refractivity contribution in [1.82, 2.24) is 10.6 Å². The minimum Gasteiger partial charge on any atom is -0.352 e. The maximum Gasteiger partial charge on any atom is 0.238 e. The second-order valence-corrected chi connectivity index (χ2v) is 6.44. The zero-order valence-electron chi connectivity index (χ0n) is 10.7.